The van der Waals surface area contributed by atoms with Crippen molar-refractivity contribution in [1.29, 1.82) is 0 Å². The second-order valence-corrected chi connectivity index (χ2v) is 4.58. The van der Waals surface area contributed by atoms with Gasteiger partial charge in [-0.25, -0.2) is 0 Å². The Morgan fingerprint density at radius 2 is 1.68 bits per heavy atom. The summed E-state index contributed by atoms with van der Waals surface area (Å²) in [7, 11) is 0. The smallest absolute Gasteiger partial charge is 0.119 e. The van der Waals surface area contributed by atoms with Gasteiger partial charge in [-0.3, -0.25) is 0 Å². The number of rotatable bonds is 6. The predicted molar refractivity (Wildman–Crippen MR) is 79.2 cm³/mol. The van der Waals surface area contributed by atoms with Crippen molar-refractivity contribution in [3.05, 3.63) is 59.7 Å². The predicted octanol–water partition coefficient (Wildman–Crippen LogP) is 2.75. The average molecular weight is 256 g/mol. The fourth-order valence-corrected chi connectivity index (χ4v) is 1.74. The van der Waals surface area contributed by atoms with Crippen molar-refractivity contribution in [3.8, 4) is 5.75 Å². The maximum atomic E-state index is 5.61. The zero-order valence-electron chi connectivity index (χ0n) is 11.2. The van der Waals surface area contributed by atoms with E-state index in [1.165, 1.54) is 11.1 Å². The van der Waals surface area contributed by atoms with Gasteiger partial charge in [0.25, 0.3) is 0 Å². The molecule has 2 rings (SSSR count). The summed E-state index contributed by atoms with van der Waals surface area (Å²) in [4.78, 5) is 0. The molecule has 0 aliphatic rings. The largest absolute Gasteiger partial charge is 0.492 e. The van der Waals surface area contributed by atoms with E-state index in [-0.39, 0.29) is 0 Å². The molecule has 0 radical (unpaired) electrons. The molecule has 2 aromatic rings. The van der Waals surface area contributed by atoms with Gasteiger partial charge in [-0.1, -0.05) is 29.8 Å². The van der Waals surface area contributed by atoms with Crippen molar-refractivity contribution in [2.45, 2.75) is 13.5 Å². The van der Waals surface area contributed by atoms with Gasteiger partial charge in [0.1, 0.15) is 12.4 Å². The standard InChI is InChI=1S/C16H20N2O/c1-13-2-4-14(5-3-13)12-18-10-11-19-16-8-6-15(17)7-9-16/h2-9,18H,10-12,17H2,1H3. The van der Waals surface area contributed by atoms with Gasteiger partial charge < -0.3 is 15.8 Å². The zero-order chi connectivity index (χ0) is 13.5. The third kappa shape index (κ3) is 4.64. The lowest BCUT2D eigenvalue weighted by molar-refractivity contribution is 0.313. The molecule has 0 fully saturated rings. The van der Waals surface area contributed by atoms with Gasteiger partial charge >= 0.3 is 0 Å². The van der Waals surface area contributed by atoms with E-state index in [4.69, 9.17) is 10.5 Å². The molecular formula is C16H20N2O. The summed E-state index contributed by atoms with van der Waals surface area (Å²) in [5.41, 5.74) is 8.94. The molecule has 0 aliphatic heterocycles. The van der Waals surface area contributed by atoms with Gasteiger partial charge in [0.05, 0.1) is 0 Å². The van der Waals surface area contributed by atoms with Gasteiger partial charge in [-0.05, 0) is 36.8 Å². The van der Waals surface area contributed by atoms with Crippen LogP contribution in [0.15, 0.2) is 48.5 Å². The van der Waals surface area contributed by atoms with Crippen LogP contribution in [0.2, 0.25) is 0 Å². The van der Waals surface area contributed by atoms with Crippen LogP contribution >= 0.6 is 0 Å². The number of hydrogen-bond acceptors (Lipinski definition) is 3. The highest BCUT2D eigenvalue weighted by Crippen LogP contribution is 2.12. The molecule has 0 saturated carbocycles. The summed E-state index contributed by atoms with van der Waals surface area (Å²) in [5.74, 6) is 0.853. The number of nitrogen functional groups attached to an aromatic ring is 1. The van der Waals surface area contributed by atoms with E-state index < -0.39 is 0 Å². The number of aryl methyl sites for hydroxylation is 1. The van der Waals surface area contributed by atoms with Crippen LogP contribution in [0.5, 0.6) is 5.75 Å². The first kappa shape index (κ1) is 13.4. The van der Waals surface area contributed by atoms with Crippen LogP contribution in [-0.2, 0) is 6.54 Å². The fraction of sp³-hybridized carbons (Fsp3) is 0.250. The second kappa shape index (κ2) is 6.81. The van der Waals surface area contributed by atoms with Crippen LogP contribution in [0.3, 0.4) is 0 Å². The summed E-state index contributed by atoms with van der Waals surface area (Å²) in [6.07, 6.45) is 0. The van der Waals surface area contributed by atoms with Crippen LogP contribution < -0.4 is 15.8 Å². The van der Waals surface area contributed by atoms with Crippen molar-refractivity contribution in [2.75, 3.05) is 18.9 Å². The Balaban J connectivity index is 1.64. The first-order valence-electron chi connectivity index (χ1n) is 6.48. The SMILES string of the molecule is Cc1ccc(CNCCOc2ccc(N)cc2)cc1. The first-order valence-corrected chi connectivity index (χ1v) is 6.48. The lowest BCUT2D eigenvalue weighted by Crippen LogP contribution is -2.20. The third-order valence-corrected chi connectivity index (χ3v) is 2.88. The molecule has 0 heterocycles. The molecule has 0 amide bonds. The molecule has 19 heavy (non-hydrogen) atoms. The number of nitrogens with two attached hydrogens (primary N) is 1. The van der Waals surface area contributed by atoms with Gasteiger partial charge in [-0.15, -0.1) is 0 Å². The summed E-state index contributed by atoms with van der Waals surface area (Å²) < 4.78 is 5.60. The Bertz CT molecular complexity index is 444. The van der Waals surface area contributed by atoms with Crippen LogP contribution in [0.1, 0.15) is 11.1 Å². The van der Waals surface area contributed by atoms with E-state index in [0.717, 1.165) is 24.5 Å². The van der Waals surface area contributed by atoms with Crippen molar-refractivity contribution in [1.82, 2.24) is 5.32 Å². The maximum Gasteiger partial charge on any atom is 0.119 e. The second-order valence-electron chi connectivity index (χ2n) is 4.58. The van der Waals surface area contributed by atoms with Crippen molar-refractivity contribution in [2.24, 2.45) is 0 Å². The fourth-order valence-electron chi connectivity index (χ4n) is 1.74. The monoisotopic (exact) mass is 256 g/mol. The van der Waals surface area contributed by atoms with E-state index in [2.05, 4.69) is 36.5 Å². The minimum absolute atomic E-state index is 0.649. The molecule has 0 aliphatic carbocycles. The number of hydrogen-bond donors (Lipinski definition) is 2. The lowest BCUT2D eigenvalue weighted by atomic mass is 10.1. The van der Waals surface area contributed by atoms with Crippen LogP contribution in [0.4, 0.5) is 5.69 Å². The molecule has 2 aromatic carbocycles. The van der Waals surface area contributed by atoms with E-state index in [0.29, 0.717) is 6.61 Å². The Morgan fingerprint density at radius 3 is 2.37 bits per heavy atom. The number of benzene rings is 2. The zero-order valence-corrected chi connectivity index (χ0v) is 11.2. The lowest BCUT2D eigenvalue weighted by Gasteiger charge is -2.08. The van der Waals surface area contributed by atoms with Gasteiger partial charge in [0.15, 0.2) is 0 Å². The quantitative estimate of drug-likeness (QED) is 0.617. The van der Waals surface area contributed by atoms with Crippen LogP contribution in [0.25, 0.3) is 0 Å². The van der Waals surface area contributed by atoms with Crippen molar-refractivity contribution >= 4 is 5.69 Å². The molecule has 3 nitrogen and oxygen atoms in total. The van der Waals surface area contributed by atoms with E-state index in [1.807, 2.05) is 24.3 Å². The molecule has 0 spiro atoms. The molecular weight excluding hydrogens is 236 g/mol. The molecule has 0 unspecified atom stereocenters. The van der Waals surface area contributed by atoms with Crippen LogP contribution in [0, 0.1) is 6.92 Å². The molecule has 3 heteroatoms. The van der Waals surface area contributed by atoms with Gasteiger partial charge in [0, 0.05) is 18.8 Å². The third-order valence-electron chi connectivity index (χ3n) is 2.88. The Morgan fingerprint density at radius 1 is 1.00 bits per heavy atom. The highest BCUT2D eigenvalue weighted by molar-refractivity contribution is 5.41. The summed E-state index contributed by atoms with van der Waals surface area (Å²) in [5, 5.41) is 3.35. The Kier molecular flexibility index (Phi) is 4.81. The van der Waals surface area contributed by atoms with E-state index in [9.17, 15) is 0 Å². The minimum atomic E-state index is 0.649. The van der Waals surface area contributed by atoms with Gasteiger partial charge in [-0.2, -0.15) is 0 Å². The topological polar surface area (TPSA) is 47.3 Å². The number of anilines is 1. The highest BCUT2D eigenvalue weighted by Gasteiger charge is 1.94. The van der Waals surface area contributed by atoms with Crippen LogP contribution in [-0.4, -0.2) is 13.2 Å². The molecule has 0 bridgehead atoms. The number of nitrogens with one attached hydrogen (secondary N) is 1. The van der Waals surface area contributed by atoms with Crippen molar-refractivity contribution < 1.29 is 4.74 Å². The van der Waals surface area contributed by atoms with Gasteiger partial charge in [0.2, 0.25) is 0 Å². The molecule has 0 atom stereocenters. The molecule has 3 N–H and O–H groups in total. The average Bonchev–Trinajstić information content (AvgIpc) is 2.43. The molecule has 0 aromatic heterocycles. The summed E-state index contributed by atoms with van der Waals surface area (Å²) in [6, 6.07) is 16.0. The summed E-state index contributed by atoms with van der Waals surface area (Å²) in [6.45, 7) is 4.43. The maximum absolute atomic E-state index is 5.61. The highest BCUT2D eigenvalue weighted by atomic mass is 16.5. The van der Waals surface area contributed by atoms with E-state index >= 15 is 0 Å². The molecule has 100 valence electrons. The van der Waals surface area contributed by atoms with Crippen molar-refractivity contribution in [3.63, 3.8) is 0 Å². The normalized spacial score (nSPS) is 10.4. The van der Waals surface area contributed by atoms with E-state index in [1.54, 1.807) is 0 Å². The first-order chi connectivity index (χ1) is 9.24. The Hall–Kier alpha value is -2.00. The molecule has 0 saturated heterocycles. The summed E-state index contributed by atoms with van der Waals surface area (Å²) >= 11 is 0. The Labute approximate surface area is 114 Å². The minimum Gasteiger partial charge on any atom is -0.492 e. The number of ether oxygens (including phenoxy) is 1.